The number of hydrogen-bond acceptors (Lipinski definition) is 1. The highest BCUT2D eigenvalue weighted by molar-refractivity contribution is 5.82. The van der Waals surface area contributed by atoms with E-state index in [1.54, 1.807) is 0 Å². The zero-order valence-corrected chi connectivity index (χ0v) is 10.6. The smallest absolute Gasteiger partial charge is 0.134 e. The van der Waals surface area contributed by atoms with Crippen molar-refractivity contribution in [1.82, 2.24) is 0 Å². The van der Waals surface area contributed by atoms with Crippen molar-refractivity contribution in [3.63, 3.8) is 0 Å². The molecule has 1 nitrogen and oxygen atoms in total. The van der Waals surface area contributed by atoms with Gasteiger partial charge in [0.05, 0.1) is 0 Å². The maximum atomic E-state index is 11.9. The molecule has 0 amide bonds. The summed E-state index contributed by atoms with van der Waals surface area (Å²) < 4.78 is 0. The van der Waals surface area contributed by atoms with Crippen LogP contribution in [0.5, 0.6) is 0 Å². The van der Waals surface area contributed by atoms with Gasteiger partial charge in [-0.05, 0) is 29.4 Å². The number of carbonyl (C=O) groups is 1. The molecule has 0 radical (unpaired) electrons. The van der Waals surface area contributed by atoms with E-state index < -0.39 is 0 Å². The Hall–Kier alpha value is -1.11. The predicted molar refractivity (Wildman–Crippen MR) is 66.9 cm³/mol. The van der Waals surface area contributed by atoms with Gasteiger partial charge in [-0.25, -0.2) is 0 Å². The molecule has 0 heterocycles. The molecule has 0 aliphatic heterocycles. The van der Waals surface area contributed by atoms with Gasteiger partial charge in [-0.15, -0.1) is 0 Å². The van der Waals surface area contributed by atoms with Gasteiger partial charge < -0.3 is 0 Å². The van der Waals surface area contributed by atoms with Crippen molar-refractivity contribution in [3.8, 4) is 0 Å². The first-order chi connectivity index (χ1) is 7.40. The van der Waals surface area contributed by atoms with Crippen molar-refractivity contribution in [2.24, 2.45) is 0 Å². The van der Waals surface area contributed by atoms with Crippen LogP contribution in [0.2, 0.25) is 0 Å². The number of aryl methyl sites for hydroxylation is 1. The minimum absolute atomic E-state index is 0.0107. The maximum absolute atomic E-state index is 11.9. The highest BCUT2D eigenvalue weighted by atomic mass is 16.1. The quantitative estimate of drug-likeness (QED) is 0.604. The Bertz CT molecular complexity index is 429. The van der Waals surface area contributed by atoms with Gasteiger partial charge in [0.1, 0.15) is 5.78 Å². The summed E-state index contributed by atoms with van der Waals surface area (Å²) in [5.41, 5.74) is 4.00. The van der Waals surface area contributed by atoms with E-state index in [2.05, 4.69) is 45.9 Å². The molecule has 86 valence electrons. The lowest BCUT2D eigenvalue weighted by molar-refractivity contribution is -0.120. The average Bonchev–Trinajstić information content (AvgIpc) is 2.22. The van der Waals surface area contributed by atoms with E-state index in [4.69, 9.17) is 0 Å². The van der Waals surface area contributed by atoms with Crippen LogP contribution in [0, 0.1) is 6.92 Å². The van der Waals surface area contributed by atoms with E-state index in [1.165, 1.54) is 16.7 Å². The molecule has 0 saturated heterocycles. The highest BCUT2D eigenvalue weighted by Gasteiger charge is 2.32. The topological polar surface area (TPSA) is 17.1 Å². The van der Waals surface area contributed by atoms with Crippen LogP contribution in [-0.4, -0.2) is 5.78 Å². The number of carbonyl (C=O) groups excluding carboxylic acids is 1. The van der Waals surface area contributed by atoms with Crippen LogP contribution in [0.15, 0.2) is 18.2 Å². The molecule has 1 atom stereocenters. The van der Waals surface area contributed by atoms with Crippen LogP contribution in [0.1, 0.15) is 56.2 Å². The van der Waals surface area contributed by atoms with Gasteiger partial charge in [-0.3, -0.25) is 4.79 Å². The Balaban J connectivity index is 2.61. The van der Waals surface area contributed by atoms with E-state index in [0.29, 0.717) is 24.5 Å². The molecule has 0 fully saturated rings. The number of Topliss-reactive ketones (excluding diaryl/α,β-unsaturated/α-hetero) is 1. The predicted octanol–water partition coefficient (Wildman–Crippen LogP) is 3.74. The Kier molecular flexibility index (Phi) is 2.65. The van der Waals surface area contributed by atoms with Gasteiger partial charge in [0.2, 0.25) is 0 Å². The minimum atomic E-state index is -0.0107. The summed E-state index contributed by atoms with van der Waals surface area (Å²) in [4.78, 5) is 11.9. The summed E-state index contributed by atoms with van der Waals surface area (Å²) >= 11 is 0. The third-order valence-corrected chi connectivity index (χ3v) is 3.64. The molecule has 0 saturated carbocycles. The average molecular weight is 216 g/mol. The van der Waals surface area contributed by atoms with Crippen LogP contribution < -0.4 is 0 Å². The lowest BCUT2D eigenvalue weighted by Crippen LogP contribution is -2.20. The van der Waals surface area contributed by atoms with Crippen LogP contribution in [0.25, 0.3) is 0 Å². The summed E-state index contributed by atoms with van der Waals surface area (Å²) in [5, 5.41) is 0. The summed E-state index contributed by atoms with van der Waals surface area (Å²) in [5.74, 6) is 0.760. The van der Waals surface area contributed by atoms with Crippen molar-refractivity contribution in [1.29, 1.82) is 0 Å². The lowest BCUT2D eigenvalue weighted by Gasteiger charge is -2.25. The molecule has 0 N–H and O–H groups in total. The van der Waals surface area contributed by atoms with Gasteiger partial charge >= 0.3 is 0 Å². The standard InChI is InChI=1S/C15H20O/c1-10-5-6-13-11(2)8-12(16)9-15(3,4)14(13)7-10/h5-7,11H,8-9H2,1-4H3. The van der Waals surface area contributed by atoms with Crippen molar-refractivity contribution in [2.45, 2.75) is 51.9 Å². The minimum Gasteiger partial charge on any atom is -0.300 e. The summed E-state index contributed by atoms with van der Waals surface area (Å²) in [6, 6.07) is 6.61. The number of rotatable bonds is 0. The van der Waals surface area contributed by atoms with Gasteiger partial charge in [0, 0.05) is 12.8 Å². The summed E-state index contributed by atoms with van der Waals surface area (Å²) in [6.45, 7) is 8.64. The number of fused-ring (bicyclic) bond motifs is 1. The van der Waals surface area contributed by atoms with Crippen molar-refractivity contribution in [2.75, 3.05) is 0 Å². The molecule has 16 heavy (non-hydrogen) atoms. The number of ketones is 1. The zero-order chi connectivity index (χ0) is 11.9. The fraction of sp³-hybridized carbons (Fsp3) is 0.533. The molecule has 2 rings (SSSR count). The van der Waals surface area contributed by atoms with E-state index in [1.807, 2.05) is 0 Å². The molecule has 0 aromatic heterocycles. The monoisotopic (exact) mass is 216 g/mol. The molecule has 1 aliphatic rings. The Morgan fingerprint density at radius 1 is 1.31 bits per heavy atom. The SMILES string of the molecule is Cc1ccc2c(c1)C(C)(C)CC(=O)CC2C. The molecule has 1 aromatic rings. The highest BCUT2D eigenvalue weighted by Crippen LogP contribution is 2.39. The fourth-order valence-corrected chi connectivity index (χ4v) is 2.80. The zero-order valence-electron chi connectivity index (χ0n) is 10.6. The van der Waals surface area contributed by atoms with E-state index >= 15 is 0 Å². The largest absolute Gasteiger partial charge is 0.300 e. The van der Waals surface area contributed by atoms with Gasteiger partial charge in [-0.1, -0.05) is 44.5 Å². The van der Waals surface area contributed by atoms with E-state index in [9.17, 15) is 4.79 Å². The molecule has 1 aliphatic carbocycles. The van der Waals surface area contributed by atoms with Crippen LogP contribution in [0.4, 0.5) is 0 Å². The Morgan fingerprint density at radius 2 is 2.00 bits per heavy atom. The van der Waals surface area contributed by atoms with Gasteiger partial charge in [-0.2, -0.15) is 0 Å². The Labute approximate surface area is 97.9 Å². The molecule has 1 aromatic carbocycles. The number of benzene rings is 1. The van der Waals surface area contributed by atoms with Gasteiger partial charge in [0.15, 0.2) is 0 Å². The molecule has 1 unspecified atom stereocenters. The van der Waals surface area contributed by atoms with Gasteiger partial charge in [0.25, 0.3) is 0 Å². The summed E-state index contributed by atoms with van der Waals surface area (Å²) in [6.07, 6.45) is 1.37. The molecular formula is C15H20O. The molecule has 1 heteroatoms. The van der Waals surface area contributed by atoms with Crippen molar-refractivity contribution < 1.29 is 4.79 Å². The lowest BCUT2D eigenvalue weighted by atomic mass is 9.78. The number of hydrogen-bond donors (Lipinski definition) is 0. The maximum Gasteiger partial charge on any atom is 0.134 e. The first kappa shape index (κ1) is 11.4. The third-order valence-electron chi connectivity index (χ3n) is 3.64. The van der Waals surface area contributed by atoms with Crippen LogP contribution in [0.3, 0.4) is 0 Å². The molecule has 0 bridgehead atoms. The summed E-state index contributed by atoms with van der Waals surface area (Å²) in [7, 11) is 0. The first-order valence-electron chi connectivity index (χ1n) is 6.03. The van der Waals surface area contributed by atoms with E-state index in [0.717, 1.165) is 0 Å². The third kappa shape index (κ3) is 1.91. The molecular weight excluding hydrogens is 196 g/mol. The van der Waals surface area contributed by atoms with E-state index in [-0.39, 0.29) is 5.41 Å². The first-order valence-corrected chi connectivity index (χ1v) is 6.03. The second kappa shape index (κ2) is 3.73. The second-order valence-electron chi connectivity index (χ2n) is 5.80. The van der Waals surface area contributed by atoms with Crippen LogP contribution >= 0.6 is 0 Å². The molecule has 0 spiro atoms. The van der Waals surface area contributed by atoms with Crippen molar-refractivity contribution >= 4 is 5.78 Å². The Morgan fingerprint density at radius 3 is 2.69 bits per heavy atom. The van der Waals surface area contributed by atoms with Crippen LogP contribution in [-0.2, 0) is 10.2 Å². The van der Waals surface area contributed by atoms with Crippen molar-refractivity contribution in [3.05, 3.63) is 34.9 Å². The second-order valence-corrected chi connectivity index (χ2v) is 5.80. The fourth-order valence-electron chi connectivity index (χ4n) is 2.80. The normalized spacial score (nSPS) is 23.8.